The molecule has 0 heterocycles. The lowest BCUT2D eigenvalue weighted by molar-refractivity contribution is -0.107. The highest BCUT2D eigenvalue weighted by Crippen LogP contribution is 2.08. The van der Waals surface area contributed by atoms with Crippen LogP contribution < -0.4 is 5.32 Å². The molecule has 0 aliphatic rings. The zero-order valence-electron chi connectivity index (χ0n) is 11.6. The summed E-state index contributed by atoms with van der Waals surface area (Å²) in [6.45, 7) is 0.584. The van der Waals surface area contributed by atoms with E-state index in [1.165, 1.54) is 0 Å². The molecule has 0 saturated heterocycles. The van der Waals surface area contributed by atoms with E-state index in [9.17, 15) is 9.59 Å². The third kappa shape index (κ3) is 4.76. The summed E-state index contributed by atoms with van der Waals surface area (Å²) in [6, 6.07) is 17.0. The summed E-state index contributed by atoms with van der Waals surface area (Å²) in [5.41, 5.74) is 2.77. The van der Waals surface area contributed by atoms with Crippen molar-refractivity contribution in [3.05, 3.63) is 71.3 Å². The van der Waals surface area contributed by atoms with Crippen molar-refractivity contribution in [1.29, 1.82) is 0 Å². The summed E-state index contributed by atoms with van der Waals surface area (Å²) >= 11 is 0. The number of amides is 1. The van der Waals surface area contributed by atoms with E-state index >= 15 is 0 Å². The third-order valence-electron chi connectivity index (χ3n) is 3.06. The first kappa shape index (κ1) is 14.8. The zero-order valence-corrected chi connectivity index (χ0v) is 11.6. The SMILES string of the molecule is O=CCc1ccccc1CNC(=O)OCc1ccccc1. The molecule has 0 spiro atoms. The molecule has 108 valence electrons. The molecule has 4 nitrogen and oxygen atoms in total. The molecule has 2 aromatic rings. The van der Waals surface area contributed by atoms with Crippen LogP contribution in [0, 0.1) is 0 Å². The predicted molar refractivity (Wildman–Crippen MR) is 79.7 cm³/mol. The van der Waals surface area contributed by atoms with Gasteiger partial charge in [0.2, 0.25) is 0 Å². The number of hydrogen-bond acceptors (Lipinski definition) is 3. The van der Waals surface area contributed by atoms with Gasteiger partial charge in [0.05, 0.1) is 0 Å². The number of carbonyl (C=O) groups excluding carboxylic acids is 2. The molecule has 4 heteroatoms. The van der Waals surface area contributed by atoms with Gasteiger partial charge in [-0.1, -0.05) is 54.6 Å². The summed E-state index contributed by atoms with van der Waals surface area (Å²) in [6.07, 6.45) is 0.725. The van der Waals surface area contributed by atoms with Crippen LogP contribution in [0.25, 0.3) is 0 Å². The van der Waals surface area contributed by atoms with Crippen molar-refractivity contribution >= 4 is 12.4 Å². The van der Waals surface area contributed by atoms with Gasteiger partial charge in [-0.15, -0.1) is 0 Å². The van der Waals surface area contributed by atoms with Crippen molar-refractivity contribution in [2.45, 2.75) is 19.6 Å². The topological polar surface area (TPSA) is 55.4 Å². The highest BCUT2D eigenvalue weighted by molar-refractivity contribution is 5.67. The highest BCUT2D eigenvalue weighted by Gasteiger charge is 2.05. The molecule has 21 heavy (non-hydrogen) atoms. The number of nitrogens with one attached hydrogen (secondary N) is 1. The molecule has 0 unspecified atom stereocenters. The highest BCUT2D eigenvalue weighted by atomic mass is 16.5. The molecule has 0 radical (unpaired) electrons. The van der Waals surface area contributed by atoms with Crippen molar-refractivity contribution in [1.82, 2.24) is 5.32 Å². The Labute approximate surface area is 123 Å². The number of ether oxygens (including phenoxy) is 1. The van der Waals surface area contributed by atoms with Crippen LogP contribution in [0.2, 0.25) is 0 Å². The van der Waals surface area contributed by atoms with Gasteiger partial charge in [-0.3, -0.25) is 0 Å². The minimum absolute atomic E-state index is 0.239. The fraction of sp³-hybridized carbons (Fsp3) is 0.176. The van der Waals surface area contributed by atoms with Crippen molar-refractivity contribution in [3.63, 3.8) is 0 Å². The standard InChI is InChI=1S/C17H17NO3/c19-11-10-15-8-4-5-9-16(15)12-18-17(20)21-13-14-6-2-1-3-7-14/h1-9,11H,10,12-13H2,(H,18,20). The number of carbonyl (C=O) groups is 2. The smallest absolute Gasteiger partial charge is 0.407 e. The second-order valence-corrected chi connectivity index (χ2v) is 4.55. The average Bonchev–Trinajstić information content (AvgIpc) is 2.53. The van der Waals surface area contributed by atoms with Crippen LogP contribution in [-0.2, 0) is 29.1 Å². The third-order valence-corrected chi connectivity index (χ3v) is 3.06. The fourth-order valence-corrected chi connectivity index (χ4v) is 1.96. The molecular formula is C17H17NO3. The predicted octanol–water partition coefficient (Wildman–Crippen LogP) is 2.85. The first-order chi connectivity index (χ1) is 10.3. The Bertz CT molecular complexity index is 596. The van der Waals surface area contributed by atoms with Gasteiger partial charge in [0.1, 0.15) is 12.9 Å². The lowest BCUT2D eigenvalue weighted by Gasteiger charge is -2.09. The maximum atomic E-state index is 11.7. The van der Waals surface area contributed by atoms with E-state index in [0.29, 0.717) is 13.0 Å². The Morgan fingerprint density at radius 2 is 1.67 bits per heavy atom. The molecule has 0 saturated carbocycles. The molecule has 0 aliphatic carbocycles. The fourth-order valence-electron chi connectivity index (χ4n) is 1.96. The molecule has 0 fully saturated rings. The molecule has 0 aliphatic heterocycles. The van der Waals surface area contributed by atoms with Gasteiger partial charge in [-0.25, -0.2) is 4.79 Å². The second-order valence-electron chi connectivity index (χ2n) is 4.55. The molecule has 0 aromatic heterocycles. The van der Waals surface area contributed by atoms with Crippen molar-refractivity contribution in [2.75, 3.05) is 0 Å². The zero-order chi connectivity index (χ0) is 14.9. The molecule has 0 bridgehead atoms. The molecule has 1 amide bonds. The maximum Gasteiger partial charge on any atom is 0.407 e. The Morgan fingerprint density at radius 3 is 2.38 bits per heavy atom. The van der Waals surface area contributed by atoms with Crippen LogP contribution in [0.3, 0.4) is 0 Å². The van der Waals surface area contributed by atoms with E-state index in [1.807, 2.05) is 54.6 Å². The van der Waals surface area contributed by atoms with Gasteiger partial charge in [-0.05, 0) is 16.7 Å². The first-order valence-electron chi connectivity index (χ1n) is 6.74. The van der Waals surface area contributed by atoms with Crippen LogP contribution in [0.5, 0.6) is 0 Å². The molecular weight excluding hydrogens is 266 g/mol. The summed E-state index contributed by atoms with van der Waals surface area (Å²) in [5, 5.41) is 2.69. The molecule has 2 aromatic carbocycles. The Morgan fingerprint density at radius 1 is 1.00 bits per heavy atom. The number of rotatable bonds is 6. The molecule has 1 N–H and O–H groups in total. The maximum absolute atomic E-state index is 11.7. The van der Waals surface area contributed by atoms with Gasteiger partial charge in [0.25, 0.3) is 0 Å². The average molecular weight is 283 g/mol. The Hall–Kier alpha value is -2.62. The van der Waals surface area contributed by atoms with E-state index in [4.69, 9.17) is 4.74 Å². The van der Waals surface area contributed by atoms with Gasteiger partial charge >= 0.3 is 6.09 Å². The quantitative estimate of drug-likeness (QED) is 0.829. The summed E-state index contributed by atoms with van der Waals surface area (Å²) < 4.78 is 5.13. The van der Waals surface area contributed by atoms with Crippen molar-refractivity contribution in [3.8, 4) is 0 Å². The second kappa shape index (κ2) is 7.85. The summed E-state index contributed by atoms with van der Waals surface area (Å²) in [5.74, 6) is 0. The molecule has 2 rings (SSSR count). The van der Waals surface area contributed by atoms with Crippen LogP contribution in [0.4, 0.5) is 4.79 Å². The number of alkyl carbamates (subject to hydrolysis) is 1. The normalized spacial score (nSPS) is 9.90. The van der Waals surface area contributed by atoms with Gasteiger partial charge < -0.3 is 14.8 Å². The van der Waals surface area contributed by atoms with Crippen molar-refractivity contribution in [2.24, 2.45) is 0 Å². The van der Waals surface area contributed by atoms with E-state index in [-0.39, 0.29) is 6.61 Å². The lowest BCUT2D eigenvalue weighted by atomic mass is 10.1. The monoisotopic (exact) mass is 283 g/mol. The minimum atomic E-state index is -0.472. The number of benzene rings is 2. The number of hydrogen-bond donors (Lipinski definition) is 1. The van der Waals surface area contributed by atoms with Crippen LogP contribution in [0.1, 0.15) is 16.7 Å². The van der Waals surface area contributed by atoms with E-state index in [2.05, 4.69) is 5.32 Å². The van der Waals surface area contributed by atoms with E-state index in [1.54, 1.807) is 0 Å². The molecule has 0 atom stereocenters. The lowest BCUT2D eigenvalue weighted by Crippen LogP contribution is -2.24. The van der Waals surface area contributed by atoms with Gasteiger partial charge in [0.15, 0.2) is 0 Å². The van der Waals surface area contributed by atoms with Crippen LogP contribution in [-0.4, -0.2) is 12.4 Å². The van der Waals surface area contributed by atoms with Crippen LogP contribution in [0.15, 0.2) is 54.6 Å². The number of aldehydes is 1. The largest absolute Gasteiger partial charge is 0.445 e. The Kier molecular flexibility index (Phi) is 5.52. The van der Waals surface area contributed by atoms with E-state index in [0.717, 1.165) is 23.0 Å². The Balaban J connectivity index is 1.82. The van der Waals surface area contributed by atoms with Gasteiger partial charge in [0, 0.05) is 13.0 Å². The van der Waals surface area contributed by atoms with E-state index < -0.39 is 6.09 Å². The van der Waals surface area contributed by atoms with Gasteiger partial charge in [-0.2, -0.15) is 0 Å². The summed E-state index contributed by atoms with van der Waals surface area (Å²) in [7, 11) is 0. The van der Waals surface area contributed by atoms with Crippen LogP contribution >= 0.6 is 0 Å². The minimum Gasteiger partial charge on any atom is -0.445 e. The first-order valence-corrected chi connectivity index (χ1v) is 6.74. The summed E-state index contributed by atoms with van der Waals surface area (Å²) in [4.78, 5) is 22.3. The van der Waals surface area contributed by atoms with Crippen molar-refractivity contribution < 1.29 is 14.3 Å².